The molecule has 0 bridgehead atoms. The van der Waals surface area contributed by atoms with E-state index in [1.54, 1.807) is 0 Å². The molecule has 3 heteroatoms. The fourth-order valence-electron chi connectivity index (χ4n) is 2.90. The fraction of sp³-hybridized carbons (Fsp3) is 0.667. The first kappa shape index (κ1) is 16.3. The van der Waals surface area contributed by atoms with Crippen LogP contribution in [-0.4, -0.2) is 25.9 Å². The summed E-state index contributed by atoms with van der Waals surface area (Å²) in [6, 6.07) is 8.81. The van der Waals surface area contributed by atoms with Gasteiger partial charge in [-0.3, -0.25) is 0 Å². The van der Waals surface area contributed by atoms with E-state index in [1.807, 2.05) is 0 Å². The lowest BCUT2D eigenvalue weighted by Gasteiger charge is -2.21. The molecule has 0 spiro atoms. The Balaban J connectivity index is 1.81. The largest absolute Gasteiger partial charge is 0.494 e. The number of ether oxygens (including phenoxy) is 2. The van der Waals surface area contributed by atoms with Crippen LogP contribution in [0, 0.1) is 5.92 Å². The summed E-state index contributed by atoms with van der Waals surface area (Å²) >= 11 is 0. The molecular weight excluding hydrogens is 262 g/mol. The number of benzene rings is 1. The van der Waals surface area contributed by atoms with Crippen LogP contribution in [-0.2, 0) is 4.74 Å². The first-order valence-corrected chi connectivity index (χ1v) is 8.32. The van der Waals surface area contributed by atoms with Gasteiger partial charge in [0.1, 0.15) is 5.75 Å². The zero-order valence-electron chi connectivity index (χ0n) is 13.6. The molecule has 0 amide bonds. The van der Waals surface area contributed by atoms with E-state index in [9.17, 15) is 0 Å². The van der Waals surface area contributed by atoms with Crippen molar-refractivity contribution in [3.63, 3.8) is 0 Å². The third kappa shape index (κ3) is 4.72. The van der Waals surface area contributed by atoms with Gasteiger partial charge in [-0.25, -0.2) is 0 Å². The second-order valence-corrected chi connectivity index (χ2v) is 5.91. The van der Waals surface area contributed by atoms with Crippen LogP contribution in [0.4, 0.5) is 0 Å². The van der Waals surface area contributed by atoms with Crippen molar-refractivity contribution in [2.45, 2.75) is 52.2 Å². The molecule has 2 rings (SSSR count). The van der Waals surface area contributed by atoms with E-state index in [0.717, 1.165) is 38.3 Å². The minimum Gasteiger partial charge on any atom is -0.494 e. The second kappa shape index (κ2) is 8.40. The number of nitrogens with one attached hydrogen (secondary N) is 1. The van der Waals surface area contributed by atoms with Gasteiger partial charge >= 0.3 is 0 Å². The lowest BCUT2D eigenvalue weighted by molar-refractivity contribution is 0.0867. The zero-order chi connectivity index (χ0) is 15.1. The smallest absolute Gasteiger partial charge is 0.119 e. The Morgan fingerprint density at radius 2 is 2.05 bits per heavy atom. The van der Waals surface area contributed by atoms with Gasteiger partial charge in [0.25, 0.3) is 0 Å². The zero-order valence-corrected chi connectivity index (χ0v) is 13.6. The standard InChI is InChI=1S/C18H29NO2/c1-4-11-20-17-8-6-15(7-9-17)14(3)19-13-16-10-12-21-18(16)5-2/h6-9,14,16,18-19H,4-5,10-13H2,1-3H3. The lowest BCUT2D eigenvalue weighted by atomic mass is 9.98. The molecule has 1 saturated heterocycles. The molecule has 0 radical (unpaired) electrons. The molecular formula is C18H29NO2. The van der Waals surface area contributed by atoms with Crippen LogP contribution in [0.3, 0.4) is 0 Å². The maximum atomic E-state index is 5.75. The first-order chi connectivity index (χ1) is 10.2. The molecule has 1 aromatic carbocycles. The van der Waals surface area contributed by atoms with Crippen LogP contribution in [0.5, 0.6) is 5.75 Å². The fourth-order valence-corrected chi connectivity index (χ4v) is 2.90. The van der Waals surface area contributed by atoms with Crippen LogP contribution in [0.1, 0.15) is 51.6 Å². The highest BCUT2D eigenvalue weighted by Crippen LogP contribution is 2.24. The number of hydrogen-bond donors (Lipinski definition) is 1. The molecule has 3 atom stereocenters. The van der Waals surface area contributed by atoms with Gasteiger partial charge in [0.15, 0.2) is 0 Å². The monoisotopic (exact) mass is 291 g/mol. The molecule has 1 aromatic rings. The van der Waals surface area contributed by atoms with Gasteiger partial charge in [0, 0.05) is 19.2 Å². The maximum absolute atomic E-state index is 5.75. The SMILES string of the molecule is CCCOc1ccc(C(C)NCC2CCOC2CC)cc1. The predicted octanol–water partition coefficient (Wildman–Crippen LogP) is 3.94. The molecule has 3 nitrogen and oxygen atoms in total. The van der Waals surface area contributed by atoms with E-state index in [2.05, 4.69) is 50.4 Å². The van der Waals surface area contributed by atoms with Gasteiger partial charge < -0.3 is 14.8 Å². The highest BCUT2D eigenvalue weighted by molar-refractivity contribution is 5.28. The quantitative estimate of drug-likeness (QED) is 0.787. The molecule has 0 aromatic heterocycles. The van der Waals surface area contributed by atoms with Crippen molar-refractivity contribution >= 4 is 0 Å². The summed E-state index contributed by atoms with van der Waals surface area (Å²) in [6.45, 7) is 9.29. The van der Waals surface area contributed by atoms with E-state index in [1.165, 1.54) is 12.0 Å². The third-order valence-corrected chi connectivity index (χ3v) is 4.29. The summed E-state index contributed by atoms with van der Waals surface area (Å²) in [5, 5.41) is 3.65. The van der Waals surface area contributed by atoms with Crippen molar-refractivity contribution in [1.82, 2.24) is 5.32 Å². The molecule has 1 heterocycles. The van der Waals surface area contributed by atoms with Crippen molar-refractivity contribution in [1.29, 1.82) is 0 Å². The number of hydrogen-bond acceptors (Lipinski definition) is 3. The topological polar surface area (TPSA) is 30.5 Å². The summed E-state index contributed by atoms with van der Waals surface area (Å²) in [5.74, 6) is 1.62. The molecule has 21 heavy (non-hydrogen) atoms. The predicted molar refractivity (Wildman–Crippen MR) is 86.8 cm³/mol. The average Bonchev–Trinajstić information content (AvgIpc) is 2.98. The Morgan fingerprint density at radius 3 is 2.71 bits per heavy atom. The lowest BCUT2D eigenvalue weighted by Crippen LogP contribution is -2.30. The van der Waals surface area contributed by atoms with Gasteiger partial charge in [-0.05, 0) is 49.8 Å². The molecule has 118 valence electrons. The Morgan fingerprint density at radius 1 is 1.29 bits per heavy atom. The van der Waals surface area contributed by atoms with Crippen molar-refractivity contribution < 1.29 is 9.47 Å². The normalized spacial score (nSPS) is 23.2. The van der Waals surface area contributed by atoms with Crippen LogP contribution in [0.2, 0.25) is 0 Å². The highest BCUT2D eigenvalue weighted by Gasteiger charge is 2.26. The van der Waals surface area contributed by atoms with Crippen molar-refractivity contribution in [3.05, 3.63) is 29.8 Å². The van der Waals surface area contributed by atoms with E-state index < -0.39 is 0 Å². The van der Waals surface area contributed by atoms with Crippen LogP contribution >= 0.6 is 0 Å². The van der Waals surface area contributed by atoms with Crippen molar-refractivity contribution in [2.24, 2.45) is 5.92 Å². The summed E-state index contributed by atoms with van der Waals surface area (Å²) in [6.07, 6.45) is 3.78. The van der Waals surface area contributed by atoms with Crippen LogP contribution in [0.15, 0.2) is 24.3 Å². The molecule has 3 unspecified atom stereocenters. The number of rotatable bonds is 8. The highest BCUT2D eigenvalue weighted by atomic mass is 16.5. The molecule has 0 aliphatic carbocycles. The summed E-state index contributed by atoms with van der Waals surface area (Å²) in [5.41, 5.74) is 1.31. The van der Waals surface area contributed by atoms with Gasteiger partial charge in [-0.15, -0.1) is 0 Å². The van der Waals surface area contributed by atoms with E-state index >= 15 is 0 Å². The maximum Gasteiger partial charge on any atom is 0.119 e. The second-order valence-electron chi connectivity index (χ2n) is 5.91. The van der Waals surface area contributed by atoms with Gasteiger partial charge in [-0.2, -0.15) is 0 Å². The molecule has 1 fully saturated rings. The Kier molecular flexibility index (Phi) is 6.52. The third-order valence-electron chi connectivity index (χ3n) is 4.29. The van der Waals surface area contributed by atoms with E-state index in [-0.39, 0.29) is 0 Å². The Hall–Kier alpha value is -1.06. The summed E-state index contributed by atoms with van der Waals surface area (Å²) in [7, 11) is 0. The minimum atomic E-state index is 0.364. The summed E-state index contributed by atoms with van der Waals surface area (Å²) in [4.78, 5) is 0. The Bertz CT molecular complexity index is 404. The van der Waals surface area contributed by atoms with Crippen molar-refractivity contribution in [3.8, 4) is 5.75 Å². The van der Waals surface area contributed by atoms with Gasteiger partial charge in [-0.1, -0.05) is 26.0 Å². The minimum absolute atomic E-state index is 0.364. The van der Waals surface area contributed by atoms with Gasteiger partial charge in [0.05, 0.1) is 12.7 Å². The average molecular weight is 291 g/mol. The van der Waals surface area contributed by atoms with Crippen LogP contribution < -0.4 is 10.1 Å². The molecule has 0 saturated carbocycles. The summed E-state index contributed by atoms with van der Waals surface area (Å²) < 4.78 is 11.4. The van der Waals surface area contributed by atoms with Crippen LogP contribution in [0.25, 0.3) is 0 Å². The molecule has 1 aliphatic heterocycles. The van der Waals surface area contributed by atoms with Crippen molar-refractivity contribution in [2.75, 3.05) is 19.8 Å². The first-order valence-electron chi connectivity index (χ1n) is 8.32. The Labute approximate surface area is 129 Å². The van der Waals surface area contributed by atoms with Gasteiger partial charge in [0.2, 0.25) is 0 Å². The molecule has 1 N–H and O–H groups in total. The van der Waals surface area contributed by atoms with E-state index in [0.29, 0.717) is 18.1 Å². The van der Waals surface area contributed by atoms with E-state index in [4.69, 9.17) is 9.47 Å². The molecule has 1 aliphatic rings.